The van der Waals surface area contributed by atoms with Crippen LogP contribution in [0.4, 0.5) is 11.9 Å². The maximum atomic E-state index is 5.65. The van der Waals surface area contributed by atoms with Crippen molar-refractivity contribution in [1.29, 1.82) is 0 Å². The fourth-order valence-corrected chi connectivity index (χ4v) is 3.89. The van der Waals surface area contributed by atoms with Gasteiger partial charge in [0.05, 0.1) is 13.2 Å². The number of anilines is 2. The van der Waals surface area contributed by atoms with Crippen LogP contribution in [0.25, 0.3) is 0 Å². The number of nitrogen functional groups attached to an aromatic ring is 1. The molecular weight excluding hydrogens is 278 g/mol. The van der Waals surface area contributed by atoms with Crippen molar-refractivity contribution in [2.45, 2.75) is 26.2 Å². The highest BCUT2D eigenvalue weighted by Crippen LogP contribution is 2.50. The van der Waals surface area contributed by atoms with Gasteiger partial charge in [-0.05, 0) is 19.8 Å². The minimum Gasteiger partial charge on any atom is -0.368 e. The van der Waals surface area contributed by atoms with Crippen molar-refractivity contribution in [3.05, 3.63) is 5.82 Å². The number of aryl methyl sites for hydroxylation is 1. The van der Waals surface area contributed by atoms with E-state index >= 15 is 0 Å². The molecule has 1 aromatic rings. The average molecular weight is 301 g/mol. The lowest BCUT2D eigenvalue weighted by Gasteiger charge is -2.32. The van der Waals surface area contributed by atoms with Crippen LogP contribution in [-0.4, -0.2) is 46.7 Å². The van der Waals surface area contributed by atoms with Crippen LogP contribution < -0.4 is 11.1 Å². The van der Waals surface area contributed by atoms with Crippen LogP contribution in [0.15, 0.2) is 0 Å². The molecule has 0 unspecified atom stereocenters. The van der Waals surface area contributed by atoms with Crippen LogP contribution in [0.1, 0.15) is 25.1 Å². The molecule has 0 amide bonds. The summed E-state index contributed by atoms with van der Waals surface area (Å²) in [5.41, 5.74) is 5.57. The molecule has 0 atom stereocenters. The molecule has 2 rings (SSSR count). The summed E-state index contributed by atoms with van der Waals surface area (Å²) in [7, 11) is -1.22. The smallest absolute Gasteiger partial charge is 0.227 e. The summed E-state index contributed by atoms with van der Waals surface area (Å²) < 4.78 is 11.3. The Kier molecular flexibility index (Phi) is 5.38. The summed E-state index contributed by atoms with van der Waals surface area (Å²) in [6, 6.07) is 0. The van der Waals surface area contributed by atoms with E-state index in [0.717, 1.165) is 44.8 Å². The van der Waals surface area contributed by atoms with Crippen LogP contribution >= 0.6 is 10.6 Å². The van der Waals surface area contributed by atoms with E-state index in [1.807, 2.05) is 0 Å². The Hall–Kier alpha value is -1.12. The van der Waals surface area contributed by atoms with Gasteiger partial charge in [0.15, 0.2) is 0 Å². The van der Waals surface area contributed by atoms with Crippen LogP contribution in [0.3, 0.4) is 0 Å². The predicted octanol–water partition coefficient (Wildman–Crippen LogP) is 1.66. The summed E-state index contributed by atoms with van der Waals surface area (Å²) in [5, 5.41) is 3.17. The van der Waals surface area contributed by atoms with E-state index in [0.29, 0.717) is 11.8 Å². The highest BCUT2D eigenvalue weighted by Gasteiger charge is 2.20. The molecule has 0 bridgehead atoms. The lowest BCUT2D eigenvalue weighted by Crippen LogP contribution is -2.10. The van der Waals surface area contributed by atoms with Gasteiger partial charge in [0.25, 0.3) is 0 Å². The van der Waals surface area contributed by atoms with Gasteiger partial charge in [-0.3, -0.25) is 8.37 Å². The van der Waals surface area contributed by atoms with Crippen LogP contribution in [0.5, 0.6) is 0 Å². The van der Waals surface area contributed by atoms with Crippen molar-refractivity contribution in [3.63, 3.8) is 0 Å². The topological polar surface area (TPSA) is 95.2 Å². The second-order valence-corrected chi connectivity index (χ2v) is 7.56. The molecule has 0 saturated carbocycles. The van der Waals surface area contributed by atoms with Gasteiger partial charge in [0.2, 0.25) is 11.9 Å². The Morgan fingerprint density at radius 3 is 2.60 bits per heavy atom. The Balaban J connectivity index is 1.59. The van der Waals surface area contributed by atoms with Gasteiger partial charge in [-0.25, -0.2) is 0 Å². The van der Waals surface area contributed by atoms with Gasteiger partial charge in [0, 0.05) is 18.6 Å². The molecule has 1 saturated heterocycles. The van der Waals surface area contributed by atoms with Crippen molar-refractivity contribution >= 4 is 22.5 Å². The largest absolute Gasteiger partial charge is 0.368 e. The molecule has 7 nitrogen and oxygen atoms in total. The minimum atomic E-state index is -1.22. The lowest BCUT2D eigenvalue weighted by molar-refractivity contribution is 0.365. The van der Waals surface area contributed by atoms with Crippen molar-refractivity contribution in [3.8, 4) is 0 Å². The maximum absolute atomic E-state index is 5.65. The average Bonchev–Trinajstić information content (AvgIpc) is 2.80. The first-order valence-electron chi connectivity index (χ1n) is 6.84. The zero-order valence-electron chi connectivity index (χ0n) is 12.1. The fraction of sp³-hybridized carbons (Fsp3) is 0.750. The molecule has 2 heterocycles. The number of nitrogens with zero attached hydrogens (tertiary/aromatic N) is 3. The highest BCUT2D eigenvalue weighted by molar-refractivity contribution is 8.25. The standard InChI is InChI=1S/C12H23N5O2S/c1-10-15-11(13)17-12(16-10)14-6-4-3-5-9-20(2)18-7-8-19-20/h3-9H2,1-2H3,(H3,13,14,15,16,17). The highest BCUT2D eigenvalue weighted by atomic mass is 32.3. The number of hydrogen-bond donors (Lipinski definition) is 2. The van der Waals surface area contributed by atoms with Gasteiger partial charge < -0.3 is 11.1 Å². The van der Waals surface area contributed by atoms with E-state index < -0.39 is 10.6 Å². The van der Waals surface area contributed by atoms with Gasteiger partial charge in [-0.15, -0.1) is 0 Å². The molecule has 1 aromatic heterocycles. The monoisotopic (exact) mass is 301 g/mol. The number of aromatic nitrogens is 3. The van der Waals surface area contributed by atoms with Gasteiger partial charge >= 0.3 is 0 Å². The van der Waals surface area contributed by atoms with Gasteiger partial charge in [-0.2, -0.15) is 25.5 Å². The second-order valence-electron chi connectivity index (χ2n) is 4.83. The third kappa shape index (κ3) is 4.77. The normalized spacial score (nSPS) is 18.9. The van der Waals surface area contributed by atoms with E-state index in [1.165, 1.54) is 0 Å². The first-order valence-corrected chi connectivity index (χ1v) is 8.90. The summed E-state index contributed by atoms with van der Waals surface area (Å²) in [6.07, 6.45) is 5.39. The van der Waals surface area contributed by atoms with Crippen molar-refractivity contribution < 1.29 is 8.37 Å². The van der Waals surface area contributed by atoms with E-state index in [2.05, 4.69) is 26.5 Å². The number of nitrogens with one attached hydrogen (secondary N) is 1. The molecule has 8 heteroatoms. The van der Waals surface area contributed by atoms with Crippen LogP contribution in [0, 0.1) is 6.92 Å². The zero-order valence-corrected chi connectivity index (χ0v) is 12.9. The predicted molar refractivity (Wildman–Crippen MR) is 81.6 cm³/mol. The van der Waals surface area contributed by atoms with Crippen LogP contribution in [-0.2, 0) is 8.37 Å². The molecule has 1 aliphatic heterocycles. The van der Waals surface area contributed by atoms with Gasteiger partial charge in [0.1, 0.15) is 5.82 Å². The van der Waals surface area contributed by atoms with Gasteiger partial charge in [-0.1, -0.05) is 6.42 Å². The molecule has 3 N–H and O–H groups in total. The fourth-order valence-electron chi connectivity index (χ4n) is 2.02. The molecule has 20 heavy (non-hydrogen) atoms. The molecule has 114 valence electrons. The molecule has 0 aliphatic carbocycles. The van der Waals surface area contributed by atoms with Crippen molar-refractivity contribution in [2.75, 3.05) is 42.8 Å². The van der Waals surface area contributed by atoms with Crippen molar-refractivity contribution in [2.24, 2.45) is 0 Å². The SMILES string of the molecule is Cc1nc(N)nc(NCCCCCS2(C)OCCO2)n1. The van der Waals surface area contributed by atoms with Crippen LogP contribution in [0.2, 0.25) is 0 Å². The Morgan fingerprint density at radius 1 is 1.15 bits per heavy atom. The molecular formula is C12H23N5O2S. The Morgan fingerprint density at radius 2 is 1.90 bits per heavy atom. The molecule has 0 aromatic carbocycles. The van der Waals surface area contributed by atoms with E-state index in [1.54, 1.807) is 6.92 Å². The number of nitrogens with two attached hydrogens (primary N) is 1. The molecule has 0 spiro atoms. The first kappa shape index (κ1) is 15.3. The summed E-state index contributed by atoms with van der Waals surface area (Å²) in [5.74, 6) is 2.46. The Bertz CT molecular complexity index is 420. The van der Waals surface area contributed by atoms with Crippen molar-refractivity contribution in [1.82, 2.24) is 15.0 Å². The number of rotatable bonds is 7. The third-order valence-corrected chi connectivity index (χ3v) is 5.35. The first-order chi connectivity index (χ1) is 9.57. The molecule has 0 radical (unpaired) electrons. The second kappa shape index (κ2) is 7.05. The summed E-state index contributed by atoms with van der Waals surface area (Å²) >= 11 is 0. The molecule has 1 aliphatic rings. The minimum absolute atomic E-state index is 0.257. The quantitative estimate of drug-likeness (QED) is 0.739. The third-order valence-electron chi connectivity index (χ3n) is 2.99. The number of hydrogen-bond acceptors (Lipinski definition) is 7. The lowest BCUT2D eigenvalue weighted by atomic mass is 10.2. The van der Waals surface area contributed by atoms with E-state index in [9.17, 15) is 0 Å². The maximum Gasteiger partial charge on any atom is 0.227 e. The number of unbranched alkanes of at least 4 members (excludes halogenated alkanes) is 2. The summed E-state index contributed by atoms with van der Waals surface area (Å²) in [4.78, 5) is 12.1. The van der Waals surface area contributed by atoms with E-state index in [4.69, 9.17) is 14.1 Å². The van der Waals surface area contributed by atoms with E-state index in [-0.39, 0.29) is 5.95 Å². The molecule has 1 fully saturated rings. The zero-order chi connectivity index (χ0) is 14.4. The Labute approximate surface area is 121 Å². The summed E-state index contributed by atoms with van der Waals surface area (Å²) in [6.45, 7) is 4.12.